The first-order valence-electron chi connectivity index (χ1n) is 6.54. The highest BCUT2D eigenvalue weighted by Crippen LogP contribution is 2.36. The molecule has 1 N–H and O–H groups in total. The van der Waals surface area contributed by atoms with Gasteiger partial charge in [-0.25, -0.2) is 0 Å². The maximum atomic E-state index is 6.03. The summed E-state index contributed by atoms with van der Waals surface area (Å²) in [6, 6.07) is 6.25. The molecule has 2 aliphatic heterocycles. The van der Waals surface area contributed by atoms with Crippen molar-refractivity contribution in [1.29, 1.82) is 0 Å². The van der Waals surface area contributed by atoms with E-state index in [-0.39, 0.29) is 0 Å². The van der Waals surface area contributed by atoms with Crippen LogP contribution in [0.1, 0.15) is 18.4 Å². The van der Waals surface area contributed by atoms with Gasteiger partial charge in [0.15, 0.2) is 0 Å². The second kappa shape index (κ2) is 5.12. The molecule has 1 aromatic carbocycles. The molecule has 1 atom stereocenters. The molecule has 1 spiro atoms. The highest BCUT2D eigenvalue weighted by Gasteiger charge is 2.39. The number of likely N-dealkylation sites (tertiary alicyclic amines) is 1. The van der Waals surface area contributed by atoms with Gasteiger partial charge in [-0.15, -0.1) is 0 Å². The van der Waals surface area contributed by atoms with Crippen molar-refractivity contribution in [3.05, 3.63) is 33.3 Å². The molecule has 98 valence electrons. The first-order chi connectivity index (χ1) is 8.67. The summed E-state index contributed by atoms with van der Waals surface area (Å²) in [5.41, 5.74) is 1.90. The van der Waals surface area contributed by atoms with Gasteiger partial charge in [-0.1, -0.05) is 17.7 Å². The Morgan fingerprint density at radius 3 is 3.00 bits per heavy atom. The topological polar surface area (TPSA) is 15.3 Å². The summed E-state index contributed by atoms with van der Waals surface area (Å²) in [7, 11) is 0. The quantitative estimate of drug-likeness (QED) is 0.896. The van der Waals surface area contributed by atoms with E-state index < -0.39 is 0 Å². The Hall–Kier alpha value is -0.0900. The molecule has 2 nitrogen and oxygen atoms in total. The molecule has 18 heavy (non-hydrogen) atoms. The normalized spacial score (nSPS) is 28.3. The van der Waals surface area contributed by atoms with Crippen LogP contribution in [-0.2, 0) is 6.54 Å². The van der Waals surface area contributed by atoms with Crippen LogP contribution in [0.2, 0.25) is 5.02 Å². The smallest absolute Gasteiger partial charge is 0.0548 e. The third-order valence-electron chi connectivity index (χ3n) is 4.24. The van der Waals surface area contributed by atoms with E-state index in [1.165, 1.54) is 44.6 Å². The van der Waals surface area contributed by atoms with E-state index in [1.807, 2.05) is 6.07 Å². The number of halogens is 2. The molecule has 2 saturated heterocycles. The van der Waals surface area contributed by atoms with Crippen LogP contribution in [0.5, 0.6) is 0 Å². The summed E-state index contributed by atoms with van der Waals surface area (Å²) in [5.74, 6) is 0. The molecule has 0 radical (unpaired) electrons. The first-order valence-corrected chi connectivity index (χ1v) is 7.71. The lowest BCUT2D eigenvalue weighted by Crippen LogP contribution is -2.28. The molecule has 0 amide bonds. The average molecular weight is 330 g/mol. The van der Waals surface area contributed by atoms with Gasteiger partial charge >= 0.3 is 0 Å². The van der Waals surface area contributed by atoms with Gasteiger partial charge in [-0.05, 0) is 65.0 Å². The van der Waals surface area contributed by atoms with Gasteiger partial charge in [0, 0.05) is 24.1 Å². The number of nitrogens with one attached hydrogen (secondary N) is 1. The van der Waals surface area contributed by atoms with E-state index in [1.54, 1.807) is 0 Å². The Kier molecular flexibility index (Phi) is 3.68. The van der Waals surface area contributed by atoms with Crippen molar-refractivity contribution < 1.29 is 0 Å². The Balaban J connectivity index is 1.65. The predicted molar refractivity (Wildman–Crippen MR) is 79.0 cm³/mol. The minimum atomic E-state index is 0.559. The Morgan fingerprint density at radius 2 is 2.28 bits per heavy atom. The van der Waals surface area contributed by atoms with E-state index in [4.69, 9.17) is 11.6 Å². The minimum absolute atomic E-state index is 0.559. The number of nitrogens with zero attached hydrogens (tertiary/aromatic N) is 1. The van der Waals surface area contributed by atoms with Crippen LogP contribution < -0.4 is 5.32 Å². The zero-order chi connectivity index (χ0) is 12.6. The molecule has 1 aromatic rings. The maximum absolute atomic E-state index is 6.03. The van der Waals surface area contributed by atoms with Crippen molar-refractivity contribution >= 4 is 27.5 Å². The first kappa shape index (κ1) is 12.9. The second-order valence-corrected chi connectivity index (χ2v) is 6.90. The molecule has 4 heteroatoms. The maximum Gasteiger partial charge on any atom is 0.0548 e. The van der Waals surface area contributed by atoms with E-state index >= 15 is 0 Å². The largest absolute Gasteiger partial charge is 0.316 e. The third kappa shape index (κ3) is 2.60. The molecule has 2 fully saturated rings. The monoisotopic (exact) mass is 328 g/mol. The molecule has 0 saturated carbocycles. The summed E-state index contributed by atoms with van der Waals surface area (Å²) in [6.45, 7) is 5.90. The van der Waals surface area contributed by atoms with Gasteiger partial charge < -0.3 is 5.32 Å². The van der Waals surface area contributed by atoms with Crippen LogP contribution in [0, 0.1) is 5.41 Å². The summed E-state index contributed by atoms with van der Waals surface area (Å²) >= 11 is 9.52. The van der Waals surface area contributed by atoms with E-state index in [2.05, 4.69) is 38.3 Å². The van der Waals surface area contributed by atoms with Crippen molar-refractivity contribution in [1.82, 2.24) is 10.2 Å². The fourth-order valence-electron chi connectivity index (χ4n) is 3.20. The lowest BCUT2D eigenvalue weighted by Gasteiger charge is -2.22. The predicted octanol–water partition coefficient (Wildman–Crippen LogP) is 3.29. The summed E-state index contributed by atoms with van der Waals surface area (Å²) in [6.07, 6.45) is 2.68. The summed E-state index contributed by atoms with van der Waals surface area (Å²) in [4.78, 5) is 2.57. The van der Waals surface area contributed by atoms with Gasteiger partial charge in [0.05, 0.1) is 5.02 Å². The fraction of sp³-hybridized carbons (Fsp3) is 0.571. The fourth-order valence-corrected chi connectivity index (χ4v) is 3.75. The van der Waals surface area contributed by atoms with Crippen LogP contribution in [0.4, 0.5) is 0 Å². The van der Waals surface area contributed by atoms with Crippen LogP contribution in [0.15, 0.2) is 22.7 Å². The van der Waals surface area contributed by atoms with E-state index in [0.29, 0.717) is 5.41 Å². The van der Waals surface area contributed by atoms with Crippen molar-refractivity contribution in [3.8, 4) is 0 Å². The summed E-state index contributed by atoms with van der Waals surface area (Å²) in [5, 5.41) is 4.29. The van der Waals surface area contributed by atoms with Gasteiger partial charge in [-0.3, -0.25) is 4.90 Å². The third-order valence-corrected chi connectivity index (χ3v) is 5.45. The van der Waals surface area contributed by atoms with Crippen LogP contribution >= 0.6 is 27.5 Å². The van der Waals surface area contributed by atoms with Crippen LogP contribution in [-0.4, -0.2) is 31.1 Å². The van der Waals surface area contributed by atoms with E-state index in [9.17, 15) is 0 Å². The average Bonchev–Trinajstić information content (AvgIpc) is 2.96. The highest BCUT2D eigenvalue weighted by atomic mass is 79.9. The molecule has 0 aromatic heterocycles. The Bertz CT molecular complexity index is 443. The molecule has 0 aliphatic carbocycles. The number of benzene rings is 1. The van der Waals surface area contributed by atoms with Crippen LogP contribution in [0.3, 0.4) is 0 Å². The Morgan fingerprint density at radius 1 is 1.39 bits per heavy atom. The van der Waals surface area contributed by atoms with E-state index in [0.717, 1.165) is 16.0 Å². The molecule has 3 rings (SSSR count). The number of rotatable bonds is 2. The molecule has 2 aliphatic rings. The Labute approximate surface area is 122 Å². The molecule has 2 heterocycles. The number of hydrogen-bond acceptors (Lipinski definition) is 2. The van der Waals surface area contributed by atoms with Gasteiger partial charge in [0.2, 0.25) is 0 Å². The van der Waals surface area contributed by atoms with Crippen molar-refractivity contribution in [2.24, 2.45) is 5.41 Å². The molecule has 0 bridgehead atoms. The molecule has 1 unspecified atom stereocenters. The number of hydrogen-bond donors (Lipinski definition) is 1. The van der Waals surface area contributed by atoms with Gasteiger partial charge in [-0.2, -0.15) is 0 Å². The van der Waals surface area contributed by atoms with Crippen molar-refractivity contribution in [3.63, 3.8) is 0 Å². The standard InChI is InChI=1S/C14H18BrClN2/c15-12-7-11(1-2-13(12)16)8-18-6-4-14(10-18)3-5-17-9-14/h1-2,7,17H,3-6,8-10H2. The van der Waals surface area contributed by atoms with Crippen molar-refractivity contribution in [2.45, 2.75) is 19.4 Å². The van der Waals surface area contributed by atoms with Gasteiger partial charge in [0.1, 0.15) is 0 Å². The lowest BCUT2D eigenvalue weighted by molar-refractivity contribution is 0.268. The lowest BCUT2D eigenvalue weighted by atomic mass is 9.87. The zero-order valence-electron chi connectivity index (χ0n) is 10.4. The second-order valence-electron chi connectivity index (χ2n) is 5.64. The minimum Gasteiger partial charge on any atom is -0.316 e. The van der Waals surface area contributed by atoms with Crippen LogP contribution in [0.25, 0.3) is 0 Å². The van der Waals surface area contributed by atoms with Crippen molar-refractivity contribution in [2.75, 3.05) is 26.2 Å². The molecular formula is C14H18BrClN2. The SMILES string of the molecule is Clc1ccc(CN2CCC3(CCNC3)C2)cc1Br. The van der Waals surface area contributed by atoms with Gasteiger partial charge in [0.25, 0.3) is 0 Å². The molecular weight excluding hydrogens is 312 g/mol. The summed E-state index contributed by atoms with van der Waals surface area (Å²) < 4.78 is 0.998. The zero-order valence-corrected chi connectivity index (χ0v) is 12.7. The highest BCUT2D eigenvalue weighted by molar-refractivity contribution is 9.10.